The van der Waals surface area contributed by atoms with Crippen LogP contribution < -0.4 is 9.16 Å². The van der Waals surface area contributed by atoms with Gasteiger partial charge in [0.05, 0.1) is 7.11 Å². The van der Waals surface area contributed by atoms with E-state index in [2.05, 4.69) is 50.7 Å². The van der Waals surface area contributed by atoms with Crippen LogP contribution in [0.1, 0.15) is 36.7 Å². The Labute approximate surface area is 156 Å². The molecular formula is C21H25NO3Si. The second-order valence-corrected chi connectivity index (χ2v) is 12.3. The first kappa shape index (κ1) is 19.7. The Kier molecular flexibility index (Phi) is 5.89. The number of methoxy groups -OCH3 is 1. The Hall–Kier alpha value is -2.58. The number of aromatic nitrogens is 1. The third-order valence-corrected chi connectivity index (χ3v) is 8.92. The van der Waals surface area contributed by atoms with Crippen molar-refractivity contribution in [2.45, 2.75) is 38.9 Å². The summed E-state index contributed by atoms with van der Waals surface area (Å²) in [5, 5.41) is 0.0899. The van der Waals surface area contributed by atoms with Crippen LogP contribution >= 0.6 is 0 Å². The number of benzene rings is 1. The number of ketones is 1. The van der Waals surface area contributed by atoms with E-state index in [1.807, 2.05) is 12.1 Å². The zero-order valence-electron chi connectivity index (χ0n) is 16.2. The lowest BCUT2D eigenvalue weighted by Crippen LogP contribution is -2.43. The zero-order chi connectivity index (χ0) is 19.4. The van der Waals surface area contributed by atoms with Crippen LogP contribution in [-0.2, 0) is 0 Å². The van der Waals surface area contributed by atoms with E-state index in [4.69, 9.17) is 9.16 Å². The van der Waals surface area contributed by atoms with E-state index in [1.165, 1.54) is 6.20 Å². The number of pyridine rings is 1. The van der Waals surface area contributed by atoms with Gasteiger partial charge in [0.25, 0.3) is 8.32 Å². The highest BCUT2D eigenvalue weighted by atomic mass is 28.4. The van der Waals surface area contributed by atoms with Gasteiger partial charge >= 0.3 is 0 Å². The maximum Gasteiger partial charge on any atom is 0.250 e. The summed E-state index contributed by atoms with van der Waals surface area (Å²) in [5.74, 6) is 6.60. The van der Waals surface area contributed by atoms with Crippen LogP contribution in [0.2, 0.25) is 18.1 Å². The van der Waals surface area contributed by atoms with Crippen LogP contribution in [0.4, 0.5) is 0 Å². The van der Waals surface area contributed by atoms with Gasteiger partial charge in [-0.3, -0.25) is 9.78 Å². The summed E-state index contributed by atoms with van der Waals surface area (Å²) < 4.78 is 11.8. The topological polar surface area (TPSA) is 48.4 Å². The van der Waals surface area contributed by atoms with Gasteiger partial charge in [-0.1, -0.05) is 26.7 Å². The van der Waals surface area contributed by atoms with Crippen LogP contribution in [0.3, 0.4) is 0 Å². The molecule has 0 N–H and O–H groups in total. The third kappa shape index (κ3) is 4.74. The van der Waals surface area contributed by atoms with Gasteiger partial charge in [-0.2, -0.15) is 0 Å². The molecule has 0 aliphatic heterocycles. The van der Waals surface area contributed by atoms with Crippen molar-refractivity contribution < 1.29 is 14.0 Å². The molecule has 0 radical (unpaired) electrons. The lowest BCUT2D eigenvalue weighted by atomic mass is 10.1. The Morgan fingerprint density at radius 1 is 1.15 bits per heavy atom. The Balaban J connectivity index is 2.25. The molecule has 0 unspecified atom stereocenters. The summed E-state index contributed by atoms with van der Waals surface area (Å²) in [5.41, 5.74) is 1.17. The molecule has 2 rings (SSSR count). The molecular weight excluding hydrogens is 342 g/mol. The zero-order valence-corrected chi connectivity index (χ0v) is 17.2. The monoisotopic (exact) mass is 367 g/mol. The first-order valence-corrected chi connectivity index (χ1v) is 11.4. The standard InChI is InChI=1S/C21H25NO3Si/c1-21(2,3)26(5,6)25-19-12-10-16(14-20(19)24-4)9-11-18(23)17-8-7-13-22-15-17/h7-8,10,12-15H,1-6H3. The number of rotatable bonds is 4. The van der Waals surface area contributed by atoms with Crippen LogP contribution in [-0.4, -0.2) is 26.2 Å². The Morgan fingerprint density at radius 3 is 2.46 bits per heavy atom. The SMILES string of the molecule is COc1cc(C#CC(=O)c2cccnc2)ccc1O[Si](C)(C)C(C)(C)C. The molecule has 0 saturated carbocycles. The molecule has 1 heterocycles. The van der Waals surface area contributed by atoms with Gasteiger partial charge in [-0.25, -0.2) is 0 Å². The van der Waals surface area contributed by atoms with E-state index in [0.29, 0.717) is 22.6 Å². The highest BCUT2D eigenvalue weighted by molar-refractivity contribution is 6.74. The molecule has 1 aromatic heterocycles. The number of carbonyl (C=O) groups excluding carboxylic acids is 1. The van der Waals surface area contributed by atoms with Gasteiger partial charge in [0.2, 0.25) is 5.78 Å². The van der Waals surface area contributed by atoms with E-state index < -0.39 is 8.32 Å². The van der Waals surface area contributed by atoms with E-state index in [1.54, 1.807) is 31.5 Å². The summed E-state index contributed by atoms with van der Waals surface area (Å²) >= 11 is 0. The van der Waals surface area contributed by atoms with Crippen LogP contribution in [0, 0.1) is 11.8 Å². The van der Waals surface area contributed by atoms with Crippen molar-refractivity contribution in [1.82, 2.24) is 4.98 Å². The lowest BCUT2D eigenvalue weighted by molar-refractivity contribution is 0.105. The molecule has 0 aliphatic rings. The minimum absolute atomic E-state index is 0.0899. The van der Waals surface area contributed by atoms with Gasteiger partial charge in [-0.05, 0) is 54.4 Å². The van der Waals surface area contributed by atoms with E-state index >= 15 is 0 Å². The fourth-order valence-electron chi connectivity index (χ4n) is 1.96. The first-order valence-electron chi connectivity index (χ1n) is 8.47. The molecule has 2 aromatic rings. The minimum atomic E-state index is -1.97. The van der Waals surface area contributed by atoms with Crippen molar-refractivity contribution >= 4 is 14.1 Å². The molecule has 0 bridgehead atoms. The van der Waals surface area contributed by atoms with Crippen molar-refractivity contribution in [3.05, 3.63) is 53.9 Å². The fraction of sp³-hybridized carbons (Fsp3) is 0.333. The van der Waals surface area contributed by atoms with Crippen LogP contribution in [0.15, 0.2) is 42.7 Å². The largest absolute Gasteiger partial charge is 0.541 e. The van der Waals surface area contributed by atoms with Crippen LogP contribution in [0.25, 0.3) is 0 Å². The molecule has 26 heavy (non-hydrogen) atoms. The molecule has 4 nitrogen and oxygen atoms in total. The second kappa shape index (κ2) is 7.75. The molecule has 1 aromatic carbocycles. The average Bonchev–Trinajstić information content (AvgIpc) is 2.60. The van der Waals surface area contributed by atoms with Crippen molar-refractivity contribution in [3.63, 3.8) is 0 Å². The summed E-state index contributed by atoms with van der Waals surface area (Å²) in [7, 11) is -0.365. The van der Waals surface area contributed by atoms with Crippen LogP contribution in [0.5, 0.6) is 11.5 Å². The summed E-state index contributed by atoms with van der Waals surface area (Å²) in [4.78, 5) is 16.0. The van der Waals surface area contributed by atoms with Gasteiger partial charge in [0, 0.05) is 23.5 Å². The van der Waals surface area contributed by atoms with Gasteiger partial charge < -0.3 is 9.16 Å². The molecule has 0 aliphatic carbocycles. The van der Waals surface area contributed by atoms with Gasteiger partial charge in [0.15, 0.2) is 5.75 Å². The maximum atomic E-state index is 12.1. The smallest absolute Gasteiger partial charge is 0.250 e. The van der Waals surface area contributed by atoms with E-state index in [9.17, 15) is 4.79 Å². The summed E-state index contributed by atoms with van der Waals surface area (Å²) in [6, 6.07) is 8.91. The lowest BCUT2D eigenvalue weighted by Gasteiger charge is -2.36. The normalized spacial score (nSPS) is 11.3. The number of Topliss-reactive ketones (excluding diaryl/α,β-unsaturated/α-hetero) is 1. The summed E-state index contributed by atoms with van der Waals surface area (Å²) in [6.45, 7) is 10.9. The maximum absolute atomic E-state index is 12.1. The number of ether oxygens (including phenoxy) is 1. The van der Waals surface area contributed by atoms with E-state index in [-0.39, 0.29) is 10.8 Å². The van der Waals surface area contributed by atoms with Crippen molar-refractivity contribution in [2.24, 2.45) is 0 Å². The third-order valence-electron chi connectivity index (χ3n) is 4.58. The number of hydrogen-bond acceptors (Lipinski definition) is 4. The number of hydrogen-bond donors (Lipinski definition) is 0. The average molecular weight is 368 g/mol. The Bertz CT molecular complexity index is 843. The number of nitrogens with zero attached hydrogens (tertiary/aromatic N) is 1. The number of carbonyl (C=O) groups is 1. The van der Waals surface area contributed by atoms with Gasteiger partial charge in [0.1, 0.15) is 5.75 Å². The van der Waals surface area contributed by atoms with Gasteiger partial charge in [-0.15, -0.1) is 0 Å². The molecule has 136 valence electrons. The summed E-state index contributed by atoms with van der Waals surface area (Å²) in [6.07, 6.45) is 3.13. The fourth-order valence-corrected chi connectivity index (χ4v) is 2.98. The first-order chi connectivity index (χ1) is 12.1. The highest BCUT2D eigenvalue weighted by Crippen LogP contribution is 2.40. The molecule has 0 saturated heterocycles. The Morgan fingerprint density at radius 2 is 1.88 bits per heavy atom. The van der Waals surface area contributed by atoms with Crippen molar-refractivity contribution in [2.75, 3.05) is 7.11 Å². The minimum Gasteiger partial charge on any atom is -0.541 e. The van der Waals surface area contributed by atoms with E-state index in [0.717, 1.165) is 0 Å². The predicted molar refractivity (Wildman–Crippen MR) is 106 cm³/mol. The predicted octanol–water partition coefficient (Wildman–Crippen LogP) is 4.71. The van der Waals surface area contributed by atoms with Crippen molar-refractivity contribution in [1.29, 1.82) is 0 Å². The molecule has 5 heteroatoms. The highest BCUT2D eigenvalue weighted by Gasteiger charge is 2.39. The quantitative estimate of drug-likeness (QED) is 0.446. The molecule has 0 atom stereocenters. The molecule has 0 amide bonds. The second-order valence-electron chi connectivity index (χ2n) is 7.55. The molecule has 0 fully saturated rings. The molecule has 0 spiro atoms. The van der Waals surface area contributed by atoms with Crippen molar-refractivity contribution in [3.8, 4) is 23.3 Å².